The first-order chi connectivity index (χ1) is 12.7. The number of benzene rings is 1. The Labute approximate surface area is 153 Å². The molecule has 0 N–H and O–H groups in total. The molecule has 2 aromatic rings. The van der Waals surface area contributed by atoms with Crippen molar-refractivity contribution in [3.05, 3.63) is 41.5 Å². The van der Waals surface area contributed by atoms with Gasteiger partial charge in [-0.25, -0.2) is 0 Å². The van der Waals surface area contributed by atoms with Gasteiger partial charge in [-0.15, -0.1) is 0 Å². The van der Waals surface area contributed by atoms with Crippen molar-refractivity contribution in [2.75, 3.05) is 13.2 Å². The maximum Gasteiger partial charge on any atom is 0.261 e. The zero-order valence-corrected chi connectivity index (χ0v) is 15.2. The van der Waals surface area contributed by atoms with Crippen molar-refractivity contribution in [1.29, 1.82) is 0 Å². The van der Waals surface area contributed by atoms with Gasteiger partial charge in [0.15, 0.2) is 12.4 Å². The summed E-state index contributed by atoms with van der Waals surface area (Å²) in [6.07, 6.45) is 6.31. The fourth-order valence-corrected chi connectivity index (χ4v) is 3.42. The SMILES string of the molecule is Cc1ccc(OCC(=O)N2CCCCCC2c2nc(C3CC3)no2)cc1. The average molecular weight is 355 g/mol. The lowest BCUT2D eigenvalue weighted by Gasteiger charge is -2.27. The van der Waals surface area contributed by atoms with Gasteiger partial charge < -0.3 is 14.2 Å². The molecule has 1 saturated heterocycles. The summed E-state index contributed by atoms with van der Waals surface area (Å²) < 4.78 is 11.2. The molecule has 1 saturated carbocycles. The number of hydrogen-bond acceptors (Lipinski definition) is 5. The number of ether oxygens (including phenoxy) is 1. The Bertz CT molecular complexity index is 752. The highest BCUT2D eigenvalue weighted by Crippen LogP contribution is 2.39. The van der Waals surface area contributed by atoms with Crippen LogP contribution in [0.25, 0.3) is 0 Å². The Balaban J connectivity index is 1.45. The van der Waals surface area contributed by atoms with Gasteiger partial charge in [0.05, 0.1) is 0 Å². The first-order valence-corrected chi connectivity index (χ1v) is 9.53. The topological polar surface area (TPSA) is 68.5 Å². The molecule has 138 valence electrons. The van der Waals surface area contributed by atoms with E-state index in [9.17, 15) is 4.79 Å². The molecule has 1 aromatic heterocycles. The van der Waals surface area contributed by atoms with Gasteiger partial charge >= 0.3 is 0 Å². The number of nitrogens with zero attached hydrogens (tertiary/aromatic N) is 3. The van der Waals surface area contributed by atoms with Crippen LogP contribution < -0.4 is 4.74 Å². The molecule has 1 aromatic carbocycles. The summed E-state index contributed by atoms with van der Waals surface area (Å²) in [7, 11) is 0. The Kier molecular flexibility index (Phi) is 4.91. The highest BCUT2D eigenvalue weighted by Gasteiger charge is 2.34. The second-order valence-electron chi connectivity index (χ2n) is 7.32. The summed E-state index contributed by atoms with van der Waals surface area (Å²) in [5, 5.41) is 4.12. The standard InChI is InChI=1S/C20H25N3O3/c1-14-6-10-16(11-7-14)25-13-18(24)23-12-4-2-3-5-17(23)20-21-19(22-26-20)15-8-9-15/h6-7,10-11,15,17H,2-5,8-9,12-13H2,1H3. The maximum atomic E-state index is 12.8. The van der Waals surface area contributed by atoms with Gasteiger partial charge in [0, 0.05) is 12.5 Å². The smallest absolute Gasteiger partial charge is 0.261 e. The maximum absolute atomic E-state index is 12.8. The summed E-state index contributed by atoms with van der Waals surface area (Å²) in [6.45, 7) is 2.77. The fourth-order valence-electron chi connectivity index (χ4n) is 3.42. The Hall–Kier alpha value is -2.37. The third-order valence-corrected chi connectivity index (χ3v) is 5.14. The van der Waals surface area contributed by atoms with Crippen LogP contribution in [0.5, 0.6) is 5.75 Å². The third-order valence-electron chi connectivity index (χ3n) is 5.14. The van der Waals surface area contributed by atoms with Crippen LogP contribution in [0.4, 0.5) is 0 Å². The molecule has 2 fully saturated rings. The van der Waals surface area contributed by atoms with Crippen LogP contribution in [-0.4, -0.2) is 34.1 Å². The first-order valence-electron chi connectivity index (χ1n) is 9.53. The average Bonchev–Trinajstić information content (AvgIpc) is 3.44. The molecule has 1 unspecified atom stereocenters. The van der Waals surface area contributed by atoms with Crippen molar-refractivity contribution in [2.24, 2.45) is 0 Å². The number of likely N-dealkylation sites (tertiary alicyclic amines) is 1. The summed E-state index contributed by atoms with van der Waals surface area (Å²) in [5.74, 6) is 2.52. The molecule has 1 amide bonds. The van der Waals surface area contributed by atoms with Crippen LogP contribution >= 0.6 is 0 Å². The minimum Gasteiger partial charge on any atom is -0.484 e. The van der Waals surface area contributed by atoms with Crippen molar-refractivity contribution in [3.63, 3.8) is 0 Å². The summed E-state index contributed by atoms with van der Waals surface area (Å²) in [5.41, 5.74) is 1.17. The van der Waals surface area contributed by atoms with Gasteiger partial charge in [-0.1, -0.05) is 35.7 Å². The highest BCUT2D eigenvalue weighted by atomic mass is 16.5. The fraction of sp³-hybridized carbons (Fsp3) is 0.550. The Morgan fingerprint density at radius 3 is 2.77 bits per heavy atom. The molecule has 0 bridgehead atoms. The molecule has 1 aliphatic heterocycles. The molecule has 0 radical (unpaired) electrons. The molecule has 26 heavy (non-hydrogen) atoms. The predicted octanol–water partition coefficient (Wildman–Crippen LogP) is 3.78. The number of amides is 1. The van der Waals surface area contributed by atoms with Crippen molar-refractivity contribution < 1.29 is 14.1 Å². The van der Waals surface area contributed by atoms with E-state index in [0.717, 1.165) is 44.3 Å². The number of carbonyl (C=O) groups excluding carboxylic acids is 1. The predicted molar refractivity (Wildman–Crippen MR) is 95.9 cm³/mol. The van der Waals surface area contributed by atoms with Gasteiger partial charge in [-0.2, -0.15) is 4.98 Å². The van der Waals surface area contributed by atoms with Gasteiger partial charge in [0.2, 0.25) is 5.89 Å². The lowest BCUT2D eigenvalue weighted by Crippen LogP contribution is -2.38. The summed E-state index contributed by atoms with van der Waals surface area (Å²) in [6, 6.07) is 7.61. The highest BCUT2D eigenvalue weighted by molar-refractivity contribution is 5.78. The van der Waals surface area contributed by atoms with Crippen molar-refractivity contribution in [2.45, 2.75) is 57.4 Å². The number of hydrogen-bond donors (Lipinski definition) is 0. The molecule has 2 heterocycles. The van der Waals surface area contributed by atoms with E-state index in [0.29, 0.717) is 24.1 Å². The second-order valence-corrected chi connectivity index (χ2v) is 7.32. The molecule has 4 rings (SSSR count). The van der Waals surface area contributed by atoms with Gasteiger partial charge in [0.1, 0.15) is 11.8 Å². The van der Waals surface area contributed by atoms with Gasteiger partial charge in [-0.05, 0) is 44.7 Å². The quantitative estimate of drug-likeness (QED) is 0.816. The van der Waals surface area contributed by atoms with Crippen molar-refractivity contribution in [1.82, 2.24) is 15.0 Å². The molecule has 1 aliphatic carbocycles. The van der Waals surface area contributed by atoms with Crippen LogP contribution in [0, 0.1) is 6.92 Å². The van der Waals surface area contributed by atoms with E-state index in [1.54, 1.807) is 0 Å². The molecular weight excluding hydrogens is 330 g/mol. The first kappa shape index (κ1) is 17.1. The van der Waals surface area contributed by atoms with Crippen LogP contribution in [0.15, 0.2) is 28.8 Å². The largest absolute Gasteiger partial charge is 0.484 e. The number of aryl methyl sites for hydroxylation is 1. The van der Waals surface area contributed by atoms with Crippen LogP contribution in [0.3, 0.4) is 0 Å². The second kappa shape index (κ2) is 7.48. The zero-order chi connectivity index (χ0) is 17.9. The minimum absolute atomic E-state index is 0.0244. The van der Waals surface area contributed by atoms with Crippen LogP contribution in [0.1, 0.15) is 67.8 Å². The Morgan fingerprint density at radius 2 is 2.00 bits per heavy atom. The lowest BCUT2D eigenvalue weighted by molar-refractivity contribution is -0.136. The van der Waals surface area contributed by atoms with E-state index < -0.39 is 0 Å². The third kappa shape index (κ3) is 3.89. The van der Waals surface area contributed by atoms with E-state index in [4.69, 9.17) is 9.26 Å². The number of rotatable bonds is 5. The minimum atomic E-state index is -0.133. The number of aromatic nitrogens is 2. The Morgan fingerprint density at radius 1 is 1.19 bits per heavy atom. The normalized spacial score (nSPS) is 20.7. The molecule has 2 aliphatic rings. The van der Waals surface area contributed by atoms with Crippen molar-refractivity contribution >= 4 is 5.91 Å². The van der Waals surface area contributed by atoms with Crippen molar-refractivity contribution in [3.8, 4) is 5.75 Å². The van der Waals surface area contributed by atoms with Crippen LogP contribution in [-0.2, 0) is 4.79 Å². The van der Waals surface area contributed by atoms with E-state index in [-0.39, 0.29) is 18.6 Å². The summed E-state index contributed by atoms with van der Waals surface area (Å²) >= 11 is 0. The molecule has 6 heteroatoms. The molecule has 0 spiro atoms. The van der Waals surface area contributed by atoms with E-state index in [2.05, 4.69) is 10.1 Å². The van der Waals surface area contributed by atoms with E-state index in [1.165, 1.54) is 5.56 Å². The van der Waals surface area contributed by atoms with Gasteiger partial charge in [-0.3, -0.25) is 4.79 Å². The molecule has 1 atom stereocenters. The van der Waals surface area contributed by atoms with Gasteiger partial charge in [0.25, 0.3) is 5.91 Å². The lowest BCUT2D eigenvalue weighted by atomic mass is 10.1. The van der Waals surface area contributed by atoms with E-state index in [1.807, 2.05) is 36.1 Å². The van der Waals surface area contributed by atoms with Crippen LogP contribution in [0.2, 0.25) is 0 Å². The molecular formula is C20H25N3O3. The molecule has 6 nitrogen and oxygen atoms in total. The number of carbonyl (C=O) groups is 1. The monoisotopic (exact) mass is 355 g/mol. The summed E-state index contributed by atoms with van der Waals surface area (Å²) in [4.78, 5) is 19.3. The zero-order valence-electron chi connectivity index (χ0n) is 15.2. The van der Waals surface area contributed by atoms with E-state index >= 15 is 0 Å².